The van der Waals surface area contributed by atoms with Crippen LogP contribution in [0.4, 0.5) is 0 Å². The Bertz CT molecular complexity index is 370. The Morgan fingerprint density at radius 3 is 1.29 bits per heavy atom. The molecule has 21 heavy (non-hydrogen) atoms. The fourth-order valence-electron chi connectivity index (χ4n) is 2.97. The fourth-order valence-corrected chi connectivity index (χ4v) is 3.16. The molecule has 0 N–H and O–H groups in total. The Labute approximate surface area is 152 Å². The van der Waals surface area contributed by atoms with E-state index in [0.29, 0.717) is 0 Å². The second-order valence-corrected chi connectivity index (χ2v) is 11.2. The Morgan fingerprint density at radius 1 is 0.810 bits per heavy atom. The van der Waals surface area contributed by atoms with Crippen molar-refractivity contribution in [2.45, 2.75) is 40.4 Å². The van der Waals surface area contributed by atoms with E-state index in [0.717, 1.165) is 35.3 Å². The molecule has 0 spiro atoms. The molecule has 0 nitrogen and oxygen atoms in total. The second kappa shape index (κ2) is 12.2. The van der Waals surface area contributed by atoms with E-state index in [1.54, 1.807) is 0 Å². The van der Waals surface area contributed by atoms with Gasteiger partial charge in [-0.25, -0.2) is 0 Å². The van der Waals surface area contributed by atoms with Crippen LogP contribution in [-0.4, -0.2) is 0 Å². The number of hydrogen-bond donors (Lipinski definition) is 0. The summed E-state index contributed by atoms with van der Waals surface area (Å²) in [7, 11) is 8.75. The van der Waals surface area contributed by atoms with Gasteiger partial charge in [0, 0.05) is 0 Å². The summed E-state index contributed by atoms with van der Waals surface area (Å²) in [5.74, 6) is 5.40. The van der Waals surface area contributed by atoms with Gasteiger partial charge in [0.15, 0.2) is 0 Å². The number of rotatable bonds is 1. The van der Waals surface area contributed by atoms with Crippen LogP contribution in [0.3, 0.4) is 0 Å². The first-order valence-corrected chi connectivity index (χ1v) is 15.9. The van der Waals surface area contributed by atoms with Gasteiger partial charge < -0.3 is 12.6 Å². The van der Waals surface area contributed by atoms with Crippen LogP contribution in [0.15, 0.2) is 30.3 Å². The standard InChI is InChI=1S/C10H20.C7H8S.2S.W/c1-6-7(2)9(4)10(5)8(6)3;8-6-7-4-2-1-3-5-7;;;/h6-10H,1-5H3;1-5,8H,6H2;;;/p-1. The van der Waals surface area contributed by atoms with Gasteiger partial charge in [0.2, 0.25) is 0 Å². The van der Waals surface area contributed by atoms with Crippen molar-refractivity contribution in [3.8, 4) is 0 Å². The minimum atomic E-state index is -0.583. The van der Waals surface area contributed by atoms with Crippen molar-refractivity contribution in [1.29, 1.82) is 0 Å². The molecule has 1 aliphatic rings. The van der Waals surface area contributed by atoms with Gasteiger partial charge >= 0.3 is 34.6 Å². The third-order valence-corrected chi connectivity index (χ3v) is 5.49. The van der Waals surface area contributed by atoms with Crippen molar-refractivity contribution in [3.63, 3.8) is 0 Å². The zero-order chi connectivity index (χ0) is 16.4. The third kappa shape index (κ3) is 7.68. The van der Waals surface area contributed by atoms with E-state index in [2.05, 4.69) is 54.3 Å². The van der Waals surface area contributed by atoms with E-state index in [4.69, 9.17) is 12.6 Å². The predicted molar refractivity (Wildman–Crippen MR) is 98.5 cm³/mol. The van der Waals surface area contributed by atoms with Crippen LogP contribution in [0.1, 0.15) is 40.2 Å². The van der Waals surface area contributed by atoms with E-state index >= 15 is 0 Å². The molecule has 1 aliphatic carbocycles. The van der Waals surface area contributed by atoms with Gasteiger partial charge in [-0.15, -0.1) is 0 Å². The average molecular weight is 511 g/mol. The first-order chi connectivity index (χ1) is 9.90. The van der Waals surface area contributed by atoms with Crippen molar-refractivity contribution in [2.24, 2.45) is 29.6 Å². The first-order valence-electron chi connectivity index (χ1n) is 7.44. The molecule has 0 aromatic heterocycles. The maximum atomic E-state index is 4.82. The summed E-state index contributed by atoms with van der Waals surface area (Å²) in [6.07, 6.45) is 0. The van der Waals surface area contributed by atoms with Gasteiger partial charge in [0.05, 0.1) is 0 Å². The van der Waals surface area contributed by atoms with E-state index in [9.17, 15) is 0 Å². The molecular weight excluding hydrogens is 484 g/mol. The van der Waals surface area contributed by atoms with E-state index in [1.807, 2.05) is 30.3 Å². The van der Waals surface area contributed by atoms with Gasteiger partial charge in [-0.05, 0) is 29.6 Å². The van der Waals surface area contributed by atoms with Crippen LogP contribution >= 0.6 is 19.6 Å². The van der Waals surface area contributed by atoms with Crippen molar-refractivity contribution in [2.75, 3.05) is 0 Å². The summed E-state index contributed by atoms with van der Waals surface area (Å²) < 4.78 is 0. The van der Waals surface area contributed by atoms with Gasteiger partial charge in [0.1, 0.15) is 0 Å². The van der Waals surface area contributed by atoms with Crippen LogP contribution in [0.2, 0.25) is 0 Å². The Balaban J connectivity index is 0.000000327. The summed E-state index contributed by atoms with van der Waals surface area (Å²) in [4.78, 5) is 0. The summed E-state index contributed by atoms with van der Waals surface area (Å²) in [6.45, 7) is 12.0. The molecule has 0 aliphatic heterocycles. The molecular formula is C17H27S3W-. The zero-order valence-corrected chi connectivity index (χ0v) is 19.0. The molecule has 1 aromatic rings. The Morgan fingerprint density at radius 2 is 1.10 bits per heavy atom. The van der Waals surface area contributed by atoms with Crippen molar-refractivity contribution in [1.82, 2.24) is 0 Å². The van der Waals surface area contributed by atoms with Crippen LogP contribution in [-0.2, 0) is 33.3 Å². The predicted octanol–water partition coefficient (Wildman–Crippen LogP) is 6.21. The molecule has 0 atom stereocenters. The van der Waals surface area contributed by atoms with Gasteiger partial charge in [-0.2, -0.15) is 5.75 Å². The molecule has 0 saturated heterocycles. The average Bonchev–Trinajstić information content (AvgIpc) is 2.68. The summed E-state index contributed by atoms with van der Waals surface area (Å²) in [5, 5.41) is 0. The second-order valence-electron chi connectivity index (χ2n) is 5.99. The van der Waals surface area contributed by atoms with Gasteiger partial charge in [-0.1, -0.05) is 70.5 Å². The van der Waals surface area contributed by atoms with E-state index in [1.165, 1.54) is 5.56 Å². The first kappa shape index (κ1) is 21.7. The quantitative estimate of drug-likeness (QED) is 0.412. The third-order valence-electron chi connectivity index (χ3n) is 5.16. The Hall–Kier alpha value is 0.698. The maximum absolute atomic E-state index is 4.82. The minimum absolute atomic E-state index is 0.583. The SMILES string of the molecule is CC1C(C)C(C)C(C)C1C.[S-]Cc1ccccc1.[S]=[W]=[S]. The summed E-state index contributed by atoms with van der Waals surface area (Å²) in [6, 6.07) is 10.1. The number of benzene rings is 1. The molecule has 4 heteroatoms. The molecule has 1 aromatic carbocycles. The fraction of sp³-hybridized carbons (Fsp3) is 0.647. The monoisotopic (exact) mass is 511 g/mol. The molecule has 120 valence electrons. The van der Waals surface area contributed by atoms with Crippen molar-refractivity contribution >= 4 is 32.3 Å². The zero-order valence-electron chi connectivity index (χ0n) is 13.6. The van der Waals surface area contributed by atoms with Crippen LogP contribution in [0.5, 0.6) is 0 Å². The van der Waals surface area contributed by atoms with Crippen molar-refractivity contribution in [3.05, 3.63) is 35.9 Å². The molecule has 1 fully saturated rings. The molecule has 2 rings (SSSR count). The molecule has 0 heterocycles. The van der Waals surface area contributed by atoms with Gasteiger partial charge in [-0.3, -0.25) is 0 Å². The molecule has 1 saturated carbocycles. The molecule has 0 radical (unpaired) electrons. The van der Waals surface area contributed by atoms with Gasteiger partial charge in [0.25, 0.3) is 0 Å². The van der Waals surface area contributed by atoms with E-state index < -0.39 is 14.9 Å². The normalized spacial score (nSPS) is 30.5. The topological polar surface area (TPSA) is 0 Å². The number of hydrogen-bond acceptors (Lipinski definition) is 3. The van der Waals surface area contributed by atoms with Crippen LogP contribution < -0.4 is 0 Å². The Kier molecular flexibility index (Phi) is 12.6. The van der Waals surface area contributed by atoms with E-state index in [-0.39, 0.29) is 0 Å². The van der Waals surface area contributed by atoms with Crippen LogP contribution in [0, 0.1) is 29.6 Å². The van der Waals surface area contributed by atoms with Crippen LogP contribution in [0.25, 0.3) is 0 Å². The molecule has 0 bridgehead atoms. The summed E-state index contributed by atoms with van der Waals surface area (Å²) >= 11 is 4.24. The van der Waals surface area contributed by atoms with Crippen molar-refractivity contribution < 1.29 is 14.9 Å². The summed E-state index contributed by atoms with van der Waals surface area (Å²) in [5.41, 5.74) is 1.22. The molecule has 0 unspecified atom stereocenters. The molecule has 0 amide bonds.